The number of benzene rings is 1. The number of nitrogens with zero attached hydrogens (tertiary/aromatic N) is 2. The van der Waals surface area contributed by atoms with Gasteiger partial charge in [0.2, 0.25) is 11.8 Å². The average Bonchev–Trinajstić information content (AvgIpc) is 3.30. The van der Waals surface area contributed by atoms with Crippen molar-refractivity contribution >= 4 is 27.1 Å². The first-order valence-electron chi connectivity index (χ1n) is 8.30. The molecule has 0 fully saturated rings. The first kappa shape index (κ1) is 19.2. The molecular weight excluding hydrogens is 386 g/mol. The van der Waals surface area contributed by atoms with Crippen LogP contribution in [0, 0.1) is 0 Å². The number of rotatable bonds is 7. The Morgan fingerprint density at radius 2 is 2.07 bits per heavy atom. The third-order valence-corrected chi connectivity index (χ3v) is 5.58. The maximum Gasteiger partial charge on any atom is 0.251 e. The van der Waals surface area contributed by atoms with Gasteiger partial charge in [-0.1, -0.05) is 19.1 Å². The van der Waals surface area contributed by atoms with Crippen molar-refractivity contribution in [1.29, 1.82) is 0 Å². The molecule has 0 bridgehead atoms. The summed E-state index contributed by atoms with van der Waals surface area (Å²) in [5.74, 6) is -0.327. The van der Waals surface area contributed by atoms with Crippen LogP contribution in [0.4, 0.5) is 0 Å². The van der Waals surface area contributed by atoms with Gasteiger partial charge in [0, 0.05) is 22.3 Å². The number of hydrogen-bond donors (Lipinski definition) is 1. The molecule has 1 aromatic carbocycles. The summed E-state index contributed by atoms with van der Waals surface area (Å²) in [6, 6.07) is 10.7. The Bertz CT molecular complexity index is 1030. The number of carbonyl (C=O) groups excluding carboxylic acids is 1. The molecule has 1 atom stereocenters. The zero-order chi connectivity index (χ0) is 19.4. The van der Waals surface area contributed by atoms with E-state index in [1.165, 1.54) is 0 Å². The van der Waals surface area contributed by atoms with Gasteiger partial charge in [-0.3, -0.25) is 4.79 Å². The Balaban J connectivity index is 1.78. The maximum absolute atomic E-state index is 12.6. The summed E-state index contributed by atoms with van der Waals surface area (Å²) in [6.45, 7) is 2.02. The monoisotopic (exact) mass is 405 g/mol. The minimum absolute atomic E-state index is 0.0195. The molecule has 1 amide bonds. The van der Waals surface area contributed by atoms with Crippen molar-refractivity contribution in [3.05, 3.63) is 58.1 Å². The van der Waals surface area contributed by atoms with E-state index in [0.29, 0.717) is 11.1 Å². The van der Waals surface area contributed by atoms with Gasteiger partial charge in [-0.05, 0) is 36.1 Å². The number of nitrogens with one attached hydrogen (secondary N) is 1. The molecule has 0 unspecified atom stereocenters. The van der Waals surface area contributed by atoms with Gasteiger partial charge in [-0.2, -0.15) is 0 Å². The van der Waals surface area contributed by atoms with E-state index in [1.54, 1.807) is 35.6 Å². The van der Waals surface area contributed by atoms with E-state index in [2.05, 4.69) is 15.5 Å². The Morgan fingerprint density at radius 3 is 2.74 bits per heavy atom. The van der Waals surface area contributed by atoms with Gasteiger partial charge in [0.25, 0.3) is 5.91 Å². The highest BCUT2D eigenvalue weighted by Crippen LogP contribution is 2.23. The second-order valence-electron chi connectivity index (χ2n) is 6.10. The number of aromatic nitrogens is 2. The second-order valence-corrected chi connectivity index (χ2v) is 9.22. The topological polar surface area (TPSA) is 102 Å². The number of thiophene rings is 1. The molecule has 0 radical (unpaired) electrons. The summed E-state index contributed by atoms with van der Waals surface area (Å²) in [5, 5.41) is 12.6. The molecule has 3 aromatic rings. The molecule has 2 heterocycles. The number of amides is 1. The SMILES string of the molecule is CC[C@@H](NC(=O)c1cccc(-c2nnc(CS(C)(=O)=O)o2)c1)c1cccs1. The Hall–Kier alpha value is -2.52. The molecule has 9 heteroatoms. The third kappa shape index (κ3) is 5.01. The zero-order valence-corrected chi connectivity index (χ0v) is 16.5. The third-order valence-electron chi connectivity index (χ3n) is 3.82. The van der Waals surface area contributed by atoms with Gasteiger partial charge in [0.05, 0.1) is 6.04 Å². The molecule has 0 saturated carbocycles. The Morgan fingerprint density at radius 1 is 1.26 bits per heavy atom. The van der Waals surface area contributed by atoms with Gasteiger partial charge >= 0.3 is 0 Å². The molecule has 0 aliphatic rings. The van der Waals surface area contributed by atoms with Crippen LogP contribution in [-0.2, 0) is 15.6 Å². The highest BCUT2D eigenvalue weighted by Gasteiger charge is 2.17. The molecule has 0 spiro atoms. The molecule has 0 saturated heterocycles. The lowest BCUT2D eigenvalue weighted by molar-refractivity contribution is 0.0936. The predicted octanol–water partition coefficient (Wildman–Crippen LogP) is 3.22. The van der Waals surface area contributed by atoms with Gasteiger partial charge in [0.15, 0.2) is 9.84 Å². The molecular formula is C18H19N3O4S2. The summed E-state index contributed by atoms with van der Waals surface area (Å²) < 4.78 is 28.1. The normalized spacial score (nSPS) is 12.7. The number of carbonyl (C=O) groups is 1. The molecule has 0 aliphatic carbocycles. The fraction of sp³-hybridized carbons (Fsp3) is 0.278. The van der Waals surface area contributed by atoms with Gasteiger partial charge in [-0.15, -0.1) is 21.5 Å². The molecule has 7 nitrogen and oxygen atoms in total. The van der Waals surface area contributed by atoms with E-state index in [1.807, 2.05) is 24.4 Å². The van der Waals surface area contributed by atoms with E-state index in [-0.39, 0.29) is 29.5 Å². The quantitative estimate of drug-likeness (QED) is 0.647. The lowest BCUT2D eigenvalue weighted by Crippen LogP contribution is -2.27. The summed E-state index contributed by atoms with van der Waals surface area (Å²) in [4.78, 5) is 13.7. The summed E-state index contributed by atoms with van der Waals surface area (Å²) in [7, 11) is -3.26. The van der Waals surface area contributed by atoms with Gasteiger partial charge < -0.3 is 9.73 Å². The summed E-state index contributed by atoms with van der Waals surface area (Å²) in [5.41, 5.74) is 1.02. The molecule has 27 heavy (non-hydrogen) atoms. The largest absolute Gasteiger partial charge is 0.420 e. The van der Waals surface area contributed by atoms with Crippen molar-refractivity contribution < 1.29 is 17.6 Å². The van der Waals surface area contributed by atoms with Crippen LogP contribution in [-0.4, -0.2) is 30.8 Å². The first-order valence-corrected chi connectivity index (χ1v) is 11.2. The van der Waals surface area contributed by atoms with Crippen molar-refractivity contribution in [3.8, 4) is 11.5 Å². The highest BCUT2D eigenvalue weighted by atomic mass is 32.2. The first-order chi connectivity index (χ1) is 12.9. The van der Waals surface area contributed by atoms with E-state index in [9.17, 15) is 13.2 Å². The maximum atomic E-state index is 12.6. The fourth-order valence-corrected chi connectivity index (χ4v) is 3.98. The fourth-order valence-electron chi connectivity index (χ4n) is 2.55. The number of hydrogen-bond acceptors (Lipinski definition) is 7. The van der Waals surface area contributed by atoms with Crippen LogP contribution in [0.3, 0.4) is 0 Å². The van der Waals surface area contributed by atoms with E-state index >= 15 is 0 Å². The molecule has 1 N–H and O–H groups in total. The summed E-state index contributed by atoms with van der Waals surface area (Å²) >= 11 is 1.60. The van der Waals surface area contributed by atoms with E-state index in [4.69, 9.17) is 4.42 Å². The minimum atomic E-state index is -3.26. The Labute approximate surface area is 161 Å². The highest BCUT2D eigenvalue weighted by molar-refractivity contribution is 7.89. The van der Waals surface area contributed by atoms with Crippen molar-refractivity contribution in [2.75, 3.05) is 6.26 Å². The van der Waals surface area contributed by atoms with Gasteiger partial charge in [-0.25, -0.2) is 8.42 Å². The van der Waals surface area contributed by atoms with Crippen LogP contribution in [0.25, 0.3) is 11.5 Å². The second kappa shape index (κ2) is 8.01. The predicted molar refractivity (Wildman–Crippen MR) is 103 cm³/mol. The van der Waals surface area contributed by atoms with E-state index in [0.717, 1.165) is 17.6 Å². The van der Waals surface area contributed by atoms with Crippen molar-refractivity contribution in [2.24, 2.45) is 0 Å². The lowest BCUT2D eigenvalue weighted by atomic mass is 10.1. The van der Waals surface area contributed by atoms with Crippen molar-refractivity contribution in [3.63, 3.8) is 0 Å². The minimum Gasteiger partial charge on any atom is -0.420 e. The van der Waals surface area contributed by atoms with Crippen molar-refractivity contribution in [2.45, 2.75) is 25.1 Å². The Kier molecular flexibility index (Phi) is 5.71. The molecule has 142 valence electrons. The zero-order valence-electron chi connectivity index (χ0n) is 14.9. The smallest absolute Gasteiger partial charge is 0.251 e. The number of sulfone groups is 1. The standard InChI is InChI=1S/C18H19N3O4S2/c1-3-14(15-8-5-9-26-15)19-17(22)12-6-4-7-13(10-12)18-21-20-16(25-18)11-27(2,23)24/h4-10,14H,3,11H2,1-2H3,(H,19,22)/t14-/m1/s1. The van der Waals surface area contributed by atoms with Crippen LogP contribution in [0.2, 0.25) is 0 Å². The summed E-state index contributed by atoms with van der Waals surface area (Å²) in [6.07, 6.45) is 1.88. The van der Waals surface area contributed by atoms with Crippen LogP contribution in [0.1, 0.15) is 40.5 Å². The van der Waals surface area contributed by atoms with Crippen LogP contribution in [0.15, 0.2) is 46.2 Å². The molecule has 0 aliphatic heterocycles. The van der Waals surface area contributed by atoms with Gasteiger partial charge in [0.1, 0.15) is 5.75 Å². The molecule has 2 aromatic heterocycles. The average molecular weight is 406 g/mol. The van der Waals surface area contributed by atoms with E-state index < -0.39 is 9.84 Å². The lowest BCUT2D eigenvalue weighted by Gasteiger charge is -2.15. The van der Waals surface area contributed by atoms with Crippen molar-refractivity contribution in [1.82, 2.24) is 15.5 Å². The molecule has 3 rings (SSSR count). The van der Waals surface area contributed by atoms with Crippen LogP contribution < -0.4 is 5.32 Å². The van der Waals surface area contributed by atoms with Crippen LogP contribution in [0.5, 0.6) is 0 Å². The van der Waals surface area contributed by atoms with Crippen LogP contribution >= 0.6 is 11.3 Å².